The first kappa shape index (κ1) is 16.8. The first-order valence-corrected chi connectivity index (χ1v) is 8.69. The summed E-state index contributed by atoms with van der Waals surface area (Å²) < 4.78 is 1.79. The molecule has 0 aliphatic carbocycles. The standard InChI is InChI=1S/C21H19N5O/c1-15-14-18(17-10-6-3-7-11-17)26-21(22-15)24-20(25-26)23-19(27)13-12-16-8-4-2-5-9-16/h2-13,18H,1,14H2,(H2,22,23,24,25,27)/b13-12+/t18-/m0/s1. The van der Waals surface area contributed by atoms with Crippen molar-refractivity contribution in [2.45, 2.75) is 12.5 Å². The predicted molar refractivity (Wildman–Crippen MR) is 106 cm³/mol. The van der Waals surface area contributed by atoms with E-state index in [-0.39, 0.29) is 17.9 Å². The molecular formula is C21H19N5O. The van der Waals surface area contributed by atoms with Gasteiger partial charge in [-0.25, -0.2) is 4.68 Å². The number of anilines is 2. The Labute approximate surface area is 157 Å². The van der Waals surface area contributed by atoms with Crippen LogP contribution < -0.4 is 10.6 Å². The number of hydrogen-bond acceptors (Lipinski definition) is 4. The van der Waals surface area contributed by atoms with Crippen LogP contribution in [0.3, 0.4) is 0 Å². The molecule has 2 N–H and O–H groups in total. The van der Waals surface area contributed by atoms with Crippen molar-refractivity contribution in [1.82, 2.24) is 14.8 Å². The Hall–Kier alpha value is -3.67. The molecule has 6 heteroatoms. The number of amides is 1. The van der Waals surface area contributed by atoms with Gasteiger partial charge >= 0.3 is 0 Å². The van der Waals surface area contributed by atoms with Crippen LogP contribution in [-0.2, 0) is 4.79 Å². The highest BCUT2D eigenvalue weighted by Gasteiger charge is 2.26. The number of aromatic nitrogens is 3. The van der Waals surface area contributed by atoms with Crippen LogP contribution in [0.5, 0.6) is 0 Å². The first-order chi connectivity index (χ1) is 13.2. The van der Waals surface area contributed by atoms with E-state index in [0.717, 1.165) is 16.8 Å². The molecule has 0 saturated carbocycles. The zero-order valence-electron chi connectivity index (χ0n) is 14.7. The maximum Gasteiger partial charge on any atom is 0.250 e. The third-order valence-electron chi connectivity index (χ3n) is 4.30. The molecule has 2 heterocycles. The van der Waals surface area contributed by atoms with E-state index in [1.54, 1.807) is 10.8 Å². The summed E-state index contributed by atoms with van der Waals surface area (Å²) in [6.07, 6.45) is 3.93. The molecule has 27 heavy (non-hydrogen) atoms. The molecule has 0 radical (unpaired) electrons. The average molecular weight is 357 g/mol. The molecule has 0 spiro atoms. The van der Waals surface area contributed by atoms with Crippen LogP contribution in [0.25, 0.3) is 6.08 Å². The summed E-state index contributed by atoms with van der Waals surface area (Å²) in [5, 5.41) is 10.3. The number of rotatable bonds is 4. The molecule has 6 nitrogen and oxygen atoms in total. The second-order valence-electron chi connectivity index (χ2n) is 6.30. The van der Waals surface area contributed by atoms with Crippen molar-refractivity contribution in [2.24, 2.45) is 0 Å². The van der Waals surface area contributed by atoms with E-state index in [4.69, 9.17) is 0 Å². The molecule has 1 aliphatic heterocycles. The number of nitrogens with zero attached hydrogens (tertiary/aromatic N) is 3. The Morgan fingerprint density at radius 2 is 1.85 bits per heavy atom. The van der Waals surface area contributed by atoms with Crippen LogP contribution >= 0.6 is 0 Å². The quantitative estimate of drug-likeness (QED) is 0.696. The normalized spacial score (nSPS) is 16.0. The fourth-order valence-electron chi connectivity index (χ4n) is 3.03. The first-order valence-electron chi connectivity index (χ1n) is 8.69. The summed E-state index contributed by atoms with van der Waals surface area (Å²) in [7, 11) is 0. The summed E-state index contributed by atoms with van der Waals surface area (Å²) in [6.45, 7) is 4.03. The van der Waals surface area contributed by atoms with E-state index in [9.17, 15) is 4.79 Å². The summed E-state index contributed by atoms with van der Waals surface area (Å²) in [5.74, 6) is 0.551. The molecule has 4 rings (SSSR count). The van der Waals surface area contributed by atoms with Crippen molar-refractivity contribution in [3.8, 4) is 0 Å². The minimum absolute atomic E-state index is 0.00652. The molecule has 0 saturated heterocycles. The summed E-state index contributed by atoms with van der Waals surface area (Å²) in [6, 6.07) is 19.7. The van der Waals surface area contributed by atoms with Crippen LogP contribution in [0.1, 0.15) is 23.6 Å². The zero-order chi connectivity index (χ0) is 18.6. The molecule has 1 aliphatic rings. The van der Waals surface area contributed by atoms with Crippen LogP contribution in [0, 0.1) is 0 Å². The van der Waals surface area contributed by atoms with Gasteiger partial charge in [-0.05, 0) is 17.2 Å². The summed E-state index contributed by atoms with van der Waals surface area (Å²) in [4.78, 5) is 16.6. The Bertz CT molecular complexity index is 992. The van der Waals surface area contributed by atoms with Gasteiger partial charge in [-0.15, -0.1) is 5.10 Å². The monoisotopic (exact) mass is 357 g/mol. The Balaban J connectivity index is 1.53. The second kappa shape index (κ2) is 7.29. The highest BCUT2D eigenvalue weighted by molar-refractivity contribution is 6.00. The largest absolute Gasteiger partial charge is 0.329 e. The molecule has 3 aromatic rings. The molecule has 1 amide bonds. The van der Waals surface area contributed by atoms with Crippen LogP contribution in [0.4, 0.5) is 11.9 Å². The van der Waals surface area contributed by atoms with E-state index in [1.807, 2.05) is 48.5 Å². The molecule has 1 aromatic heterocycles. The van der Waals surface area contributed by atoms with Crippen molar-refractivity contribution in [1.29, 1.82) is 0 Å². The van der Waals surface area contributed by atoms with Crippen molar-refractivity contribution < 1.29 is 4.79 Å². The van der Waals surface area contributed by atoms with Gasteiger partial charge in [0.15, 0.2) is 0 Å². The Morgan fingerprint density at radius 1 is 1.15 bits per heavy atom. The van der Waals surface area contributed by atoms with Gasteiger partial charge in [0, 0.05) is 18.2 Å². The topological polar surface area (TPSA) is 71.8 Å². The summed E-state index contributed by atoms with van der Waals surface area (Å²) >= 11 is 0. The fourth-order valence-corrected chi connectivity index (χ4v) is 3.03. The number of carbonyl (C=O) groups excluding carboxylic acids is 1. The maximum absolute atomic E-state index is 12.2. The van der Waals surface area contributed by atoms with Gasteiger partial charge in [0.2, 0.25) is 5.95 Å². The zero-order valence-corrected chi connectivity index (χ0v) is 14.7. The highest BCUT2D eigenvalue weighted by atomic mass is 16.1. The lowest BCUT2D eigenvalue weighted by atomic mass is 10.0. The SMILES string of the molecule is C=C1C[C@@H](c2ccccc2)n2nc(NC(=O)/C=C/c3ccccc3)nc2N1. The summed E-state index contributed by atoms with van der Waals surface area (Å²) in [5.41, 5.74) is 2.94. The van der Waals surface area contributed by atoms with Crippen LogP contribution in [-0.4, -0.2) is 20.7 Å². The molecule has 2 aromatic carbocycles. The molecule has 134 valence electrons. The predicted octanol–water partition coefficient (Wildman–Crippen LogP) is 3.85. The number of carbonyl (C=O) groups is 1. The van der Waals surface area contributed by atoms with Crippen LogP contribution in [0.15, 0.2) is 79.0 Å². The lowest BCUT2D eigenvalue weighted by Gasteiger charge is -2.26. The number of fused-ring (bicyclic) bond motifs is 1. The second-order valence-corrected chi connectivity index (χ2v) is 6.30. The maximum atomic E-state index is 12.2. The minimum Gasteiger partial charge on any atom is -0.329 e. The average Bonchev–Trinajstić information content (AvgIpc) is 3.09. The number of benzene rings is 2. The third-order valence-corrected chi connectivity index (χ3v) is 4.30. The van der Waals surface area contributed by atoms with Crippen molar-refractivity contribution in [3.05, 3.63) is 90.1 Å². The number of allylic oxidation sites excluding steroid dienone is 1. The van der Waals surface area contributed by atoms with E-state index in [2.05, 4.69) is 39.4 Å². The third kappa shape index (κ3) is 3.79. The highest BCUT2D eigenvalue weighted by Crippen LogP contribution is 2.32. The van der Waals surface area contributed by atoms with E-state index >= 15 is 0 Å². The van der Waals surface area contributed by atoms with E-state index in [0.29, 0.717) is 12.4 Å². The molecular weight excluding hydrogens is 338 g/mol. The van der Waals surface area contributed by atoms with Crippen LogP contribution in [0.2, 0.25) is 0 Å². The van der Waals surface area contributed by atoms with Gasteiger partial charge in [-0.3, -0.25) is 10.1 Å². The van der Waals surface area contributed by atoms with Crippen molar-refractivity contribution in [3.63, 3.8) is 0 Å². The smallest absolute Gasteiger partial charge is 0.250 e. The molecule has 1 atom stereocenters. The Morgan fingerprint density at radius 3 is 2.59 bits per heavy atom. The lowest BCUT2D eigenvalue weighted by molar-refractivity contribution is -0.111. The Kier molecular flexibility index (Phi) is 4.53. The minimum atomic E-state index is -0.281. The lowest BCUT2D eigenvalue weighted by Crippen LogP contribution is -2.23. The molecule has 0 unspecified atom stereocenters. The van der Waals surface area contributed by atoms with Gasteiger partial charge in [-0.2, -0.15) is 4.98 Å². The van der Waals surface area contributed by atoms with Gasteiger partial charge < -0.3 is 5.32 Å². The van der Waals surface area contributed by atoms with Gasteiger partial charge in [0.1, 0.15) is 0 Å². The molecule has 0 bridgehead atoms. The van der Waals surface area contributed by atoms with Gasteiger partial charge in [-0.1, -0.05) is 67.2 Å². The van der Waals surface area contributed by atoms with Crippen molar-refractivity contribution in [2.75, 3.05) is 10.6 Å². The molecule has 0 fully saturated rings. The fraction of sp³-hybridized carbons (Fsp3) is 0.0952. The van der Waals surface area contributed by atoms with Gasteiger partial charge in [0.25, 0.3) is 11.9 Å². The van der Waals surface area contributed by atoms with E-state index in [1.165, 1.54) is 6.08 Å². The van der Waals surface area contributed by atoms with Gasteiger partial charge in [0.05, 0.1) is 6.04 Å². The van der Waals surface area contributed by atoms with E-state index < -0.39 is 0 Å². The number of nitrogens with one attached hydrogen (secondary N) is 2. The van der Waals surface area contributed by atoms with Crippen molar-refractivity contribution >= 4 is 23.9 Å². The number of hydrogen-bond donors (Lipinski definition) is 2.